The third-order valence-corrected chi connectivity index (χ3v) is 7.36. The Bertz CT molecular complexity index is 516. The first kappa shape index (κ1) is 18.2. The Kier molecular flexibility index (Phi) is 5.60. The number of fused-ring (bicyclic) bond motifs is 2. The van der Waals surface area contributed by atoms with E-state index in [0.29, 0.717) is 12.0 Å². The fourth-order valence-corrected chi connectivity index (χ4v) is 5.42. The van der Waals surface area contributed by atoms with Crippen LogP contribution in [-0.4, -0.2) is 33.3 Å². The molecule has 5 atom stereocenters. The van der Waals surface area contributed by atoms with Crippen LogP contribution in [0.2, 0.25) is 0 Å². The number of likely N-dealkylation sites (tertiary alicyclic amines) is 1. The number of piperidine rings is 1. The van der Waals surface area contributed by atoms with E-state index >= 15 is 0 Å². The van der Waals surface area contributed by atoms with Gasteiger partial charge in [-0.1, -0.05) is 30.3 Å². The van der Waals surface area contributed by atoms with Crippen LogP contribution in [0.3, 0.4) is 0 Å². The first-order valence-corrected chi connectivity index (χ1v) is 10.4. The molecule has 1 aromatic carbocycles. The van der Waals surface area contributed by atoms with Gasteiger partial charge in [-0.15, -0.1) is 4.72 Å². The van der Waals surface area contributed by atoms with Gasteiger partial charge in [-0.05, 0) is 63.9 Å². The molecule has 2 bridgehead atoms. The summed E-state index contributed by atoms with van der Waals surface area (Å²) >= 11 is -0.975. The van der Waals surface area contributed by atoms with Gasteiger partial charge in [0.25, 0.3) is 0 Å². The van der Waals surface area contributed by atoms with E-state index in [1.54, 1.807) is 0 Å². The van der Waals surface area contributed by atoms with Crippen LogP contribution in [0.1, 0.15) is 46.1 Å². The van der Waals surface area contributed by atoms with Crippen LogP contribution in [-0.2, 0) is 17.9 Å². The summed E-state index contributed by atoms with van der Waals surface area (Å²) in [4.78, 5) is 2.63. The number of hydrogen-bond donors (Lipinski definition) is 1. The maximum atomic E-state index is 12.4. The number of hydrogen-bond acceptors (Lipinski definition) is 3. The van der Waals surface area contributed by atoms with Gasteiger partial charge in [0, 0.05) is 31.0 Å². The van der Waals surface area contributed by atoms with E-state index in [1.165, 1.54) is 31.5 Å². The second-order valence-electron chi connectivity index (χ2n) is 8.64. The summed E-state index contributed by atoms with van der Waals surface area (Å²) in [5.74, 6) is 2.15. The zero-order valence-electron chi connectivity index (χ0n) is 15.5. The topological polar surface area (TPSA) is 38.3 Å². The molecule has 1 N–H and O–H groups in total. The molecule has 134 valence electrons. The molecule has 3 rings (SSSR count). The molecule has 4 heteroatoms. The van der Waals surface area contributed by atoms with Crippen molar-refractivity contribution >= 4 is 11.4 Å². The minimum atomic E-state index is -0.975. The fourth-order valence-electron chi connectivity index (χ4n) is 4.57. The average molecular weight is 349 g/mol. The van der Waals surface area contributed by atoms with E-state index in [1.807, 2.05) is 20.8 Å². The van der Waals surface area contributed by atoms with Gasteiger partial charge in [0.2, 0.25) is 0 Å². The van der Waals surface area contributed by atoms with Crippen molar-refractivity contribution in [3.05, 3.63) is 35.9 Å². The lowest BCUT2D eigenvalue weighted by atomic mass is 9.80. The molecule has 0 unspecified atom stereocenters. The summed E-state index contributed by atoms with van der Waals surface area (Å²) in [6.45, 7) is 11.8. The average Bonchev–Trinajstić information content (AvgIpc) is 2.79. The molecule has 0 spiro atoms. The summed E-state index contributed by atoms with van der Waals surface area (Å²) in [5, 5.41) is 0. The van der Waals surface area contributed by atoms with E-state index in [4.69, 9.17) is 0 Å². The molecule has 0 radical (unpaired) electrons. The highest BCUT2D eigenvalue weighted by atomic mass is 32.2. The SMILES string of the molecule is C[C@H](N[S@+]([O-])C(C)(C)C)[C@@H]1[C@@H]2CC[C@H]1CN(Cc1ccccc1)C2. The van der Waals surface area contributed by atoms with Crippen LogP contribution in [0.25, 0.3) is 0 Å². The second-order valence-corrected chi connectivity index (χ2v) is 10.6. The van der Waals surface area contributed by atoms with Crippen LogP contribution in [0.15, 0.2) is 30.3 Å². The zero-order valence-corrected chi connectivity index (χ0v) is 16.3. The second kappa shape index (κ2) is 7.36. The monoisotopic (exact) mass is 348 g/mol. The first-order chi connectivity index (χ1) is 11.3. The van der Waals surface area contributed by atoms with Gasteiger partial charge < -0.3 is 4.55 Å². The molecule has 0 amide bonds. The Balaban J connectivity index is 1.59. The van der Waals surface area contributed by atoms with Crippen LogP contribution in [0.5, 0.6) is 0 Å². The maximum absolute atomic E-state index is 12.4. The highest BCUT2D eigenvalue weighted by molar-refractivity contribution is 7.90. The number of nitrogens with zero attached hydrogens (tertiary/aromatic N) is 1. The van der Waals surface area contributed by atoms with Crippen molar-refractivity contribution in [2.24, 2.45) is 17.8 Å². The van der Waals surface area contributed by atoms with E-state index in [-0.39, 0.29) is 4.75 Å². The lowest BCUT2D eigenvalue weighted by molar-refractivity contribution is 0.0877. The van der Waals surface area contributed by atoms with Gasteiger partial charge in [-0.25, -0.2) is 0 Å². The van der Waals surface area contributed by atoms with Crippen LogP contribution < -0.4 is 4.72 Å². The molecule has 1 saturated heterocycles. The largest absolute Gasteiger partial charge is 0.598 e. The lowest BCUT2D eigenvalue weighted by Gasteiger charge is -2.41. The summed E-state index contributed by atoms with van der Waals surface area (Å²) in [7, 11) is 0. The first-order valence-electron chi connectivity index (χ1n) is 9.29. The van der Waals surface area contributed by atoms with E-state index < -0.39 is 11.4 Å². The van der Waals surface area contributed by atoms with Gasteiger partial charge in [-0.3, -0.25) is 4.90 Å². The minimum absolute atomic E-state index is 0.193. The molecule has 0 aromatic heterocycles. The van der Waals surface area contributed by atoms with Crippen LogP contribution in [0.4, 0.5) is 0 Å². The van der Waals surface area contributed by atoms with Crippen molar-refractivity contribution in [1.82, 2.24) is 9.62 Å². The van der Waals surface area contributed by atoms with Gasteiger partial charge in [0.15, 0.2) is 0 Å². The summed E-state index contributed by atoms with van der Waals surface area (Å²) in [6.07, 6.45) is 2.66. The summed E-state index contributed by atoms with van der Waals surface area (Å²) in [6, 6.07) is 11.1. The molecule has 24 heavy (non-hydrogen) atoms. The molecule has 3 nitrogen and oxygen atoms in total. The normalized spacial score (nSPS) is 30.3. The summed E-state index contributed by atoms with van der Waals surface area (Å²) in [5.41, 5.74) is 1.41. The van der Waals surface area contributed by atoms with Gasteiger partial charge in [-0.2, -0.15) is 0 Å². The molecule has 1 aliphatic heterocycles. The number of nitrogens with one attached hydrogen (secondary N) is 1. The minimum Gasteiger partial charge on any atom is -0.598 e. The molecule has 2 fully saturated rings. The molecule has 1 aromatic rings. The third-order valence-electron chi connectivity index (χ3n) is 5.66. The molecule has 1 saturated carbocycles. The smallest absolute Gasteiger partial charge is 0.136 e. The lowest BCUT2D eigenvalue weighted by Crippen LogP contribution is -2.52. The Morgan fingerprint density at radius 2 is 1.75 bits per heavy atom. The van der Waals surface area contributed by atoms with Gasteiger partial charge in [0.05, 0.1) is 6.04 Å². The summed E-state index contributed by atoms with van der Waals surface area (Å²) < 4.78 is 15.7. The molecule has 1 heterocycles. The highest BCUT2D eigenvalue weighted by Crippen LogP contribution is 2.44. The molecule has 2 aliphatic rings. The van der Waals surface area contributed by atoms with Gasteiger partial charge >= 0.3 is 0 Å². The zero-order chi connectivity index (χ0) is 17.3. The Labute approximate surface area is 150 Å². The number of rotatable bonds is 5. The highest BCUT2D eigenvalue weighted by Gasteiger charge is 2.45. The number of benzene rings is 1. The van der Waals surface area contributed by atoms with Crippen LogP contribution in [0, 0.1) is 17.8 Å². The van der Waals surface area contributed by atoms with E-state index in [0.717, 1.165) is 18.4 Å². The van der Waals surface area contributed by atoms with Crippen molar-refractivity contribution in [2.45, 2.75) is 57.9 Å². The van der Waals surface area contributed by atoms with Gasteiger partial charge in [0.1, 0.15) is 4.75 Å². The van der Waals surface area contributed by atoms with Crippen molar-refractivity contribution < 1.29 is 4.55 Å². The molecular formula is C20H32N2OS. The fraction of sp³-hybridized carbons (Fsp3) is 0.700. The maximum Gasteiger partial charge on any atom is 0.136 e. The van der Waals surface area contributed by atoms with Crippen molar-refractivity contribution in [3.8, 4) is 0 Å². The quantitative estimate of drug-likeness (QED) is 0.827. The standard InChI is InChI=1S/C20H32N2OS/c1-15(21-24(23)20(2,3)4)19-17-10-11-18(19)14-22(13-17)12-16-8-6-5-7-9-16/h5-9,15,17-19,21H,10-14H2,1-4H3/t15-,17-,18+,19-,24+/m0/s1. The van der Waals surface area contributed by atoms with E-state index in [2.05, 4.69) is 46.9 Å². The van der Waals surface area contributed by atoms with Crippen molar-refractivity contribution in [2.75, 3.05) is 13.1 Å². The predicted octanol–water partition coefficient (Wildman–Crippen LogP) is 3.58. The Morgan fingerprint density at radius 3 is 2.29 bits per heavy atom. The molecular weight excluding hydrogens is 316 g/mol. The Morgan fingerprint density at radius 1 is 1.17 bits per heavy atom. The van der Waals surface area contributed by atoms with Crippen LogP contribution >= 0.6 is 0 Å². The van der Waals surface area contributed by atoms with Crippen molar-refractivity contribution in [3.63, 3.8) is 0 Å². The van der Waals surface area contributed by atoms with Crippen molar-refractivity contribution in [1.29, 1.82) is 0 Å². The predicted molar refractivity (Wildman–Crippen MR) is 102 cm³/mol. The molecule has 1 aliphatic carbocycles. The third kappa shape index (κ3) is 4.16. The Hall–Kier alpha value is -0.550. The van der Waals surface area contributed by atoms with E-state index in [9.17, 15) is 4.55 Å².